The number of anilines is 3. The molecule has 4 aromatic heterocycles. The van der Waals surface area contributed by atoms with Gasteiger partial charge in [-0.05, 0) is 24.3 Å². The second kappa shape index (κ2) is 8.32. The highest BCUT2D eigenvalue weighted by Gasteiger charge is 2.25. The molecule has 0 aliphatic heterocycles. The van der Waals surface area contributed by atoms with Crippen molar-refractivity contribution in [3.63, 3.8) is 0 Å². The summed E-state index contributed by atoms with van der Waals surface area (Å²) in [5, 5.41) is 15.2. The maximum atomic E-state index is 13.1. The van der Waals surface area contributed by atoms with Gasteiger partial charge in [-0.25, -0.2) is 9.97 Å². The van der Waals surface area contributed by atoms with Gasteiger partial charge < -0.3 is 15.9 Å². The first-order chi connectivity index (χ1) is 16.0. The smallest absolute Gasteiger partial charge is 0.269 e. The molecular formula is C22H13BrN6O2S2. The van der Waals surface area contributed by atoms with Crippen molar-refractivity contribution < 1.29 is 9.21 Å². The fourth-order valence-electron chi connectivity index (χ4n) is 3.36. The van der Waals surface area contributed by atoms with Crippen molar-refractivity contribution >= 4 is 71.4 Å². The minimum Gasteiger partial charge on any atom is -0.464 e. The van der Waals surface area contributed by atoms with Crippen LogP contribution >= 0.6 is 38.6 Å². The normalized spacial score (nSPS) is 10.9. The van der Waals surface area contributed by atoms with Gasteiger partial charge in [0.1, 0.15) is 32.9 Å². The van der Waals surface area contributed by atoms with E-state index in [1.54, 1.807) is 12.1 Å². The van der Waals surface area contributed by atoms with Crippen LogP contribution in [0.15, 0.2) is 56.9 Å². The van der Waals surface area contributed by atoms with Crippen LogP contribution in [0.5, 0.6) is 0 Å². The molecular weight excluding hydrogens is 524 g/mol. The molecule has 0 saturated heterocycles. The van der Waals surface area contributed by atoms with Crippen LogP contribution in [0.3, 0.4) is 0 Å². The summed E-state index contributed by atoms with van der Waals surface area (Å²) in [5.74, 6) is 0.0412. The molecule has 0 fully saturated rings. The van der Waals surface area contributed by atoms with E-state index >= 15 is 0 Å². The Morgan fingerprint density at radius 1 is 1.18 bits per heavy atom. The van der Waals surface area contributed by atoms with Crippen molar-refractivity contribution in [1.82, 2.24) is 9.97 Å². The van der Waals surface area contributed by atoms with Gasteiger partial charge in [-0.1, -0.05) is 28.1 Å². The monoisotopic (exact) mass is 536 g/mol. The third kappa shape index (κ3) is 3.74. The van der Waals surface area contributed by atoms with Crippen LogP contribution < -0.4 is 16.8 Å². The number of nitrogens with zero attached hydrogens (tertiary/aromatic N) is 3. The van der Waals surface area contributed by atoms with Gasteiger partial charge in [-0.15, -0.1) is 22.7 Å². The van der Waals surface area contributed by atoms with Gasteiger partial charge in [-0.3, -0.25) is 10.1 Å². The number of amides is 1. The van der Waals surface area contributed by atoms with Gasteiger partial charge in [0.2, 0.25) is 0 Å². The Hall–Kier alpha value is -3.72. The van der Waals surface area contributed by atoms with Crippen LogP contribution in [0.2, 0.25) is 0 Å². The SMILES string of the molecule is N#Cc1c(N)nc2sc(C(=O)Nc3nc(-c4ccc(Br)cc4)cs3)c(N)c2c1-c1ccco1. The number of carbonyl (C=O) groups is 1. The van der Waals surface area contributed by atoms with E-state index in [1.807, 2.05) is 29.6 Å². The molecule has 0 saturated carbocycles. The zero-order valence-corrected chi connectivity index (χ0v) is 19.8. The molecule has 0 aliphatic rings. The average molecular weight is 537 g/mol. The number of carbonyl (C=O) groups excluding carboxylic acids is 1. The van der Waals surface area contributed by atoms with Crippen molar-refractivity contribution in [2.45, 2.75) is 0 Å². The van der Waals surface area contributed by atoms with Gasteiger partial charge in [-0.2, -0.15) is 5.26 Å². The predicted molar refractivity (Wildman–Crippen MR) is 134 cm³/mol. The van der Waals surface area contributed by atoms with Crippen molar-refractivity contribution in [3.05, 3.63) is 63.0 Å². The number of aromatic nitrogens is 2. The lowest BCUT2D eigenvalue weighted by Crippen LogP contribution is -2.11. The summed E-state index contributed by atoms with van der Waals surface area (Å²) in [6.45, 7) is 0. The molecule has 1 amide bonds. The van der Waals surface area contributed by atoms with Crippen LogP contribution in [0.4, 0.5) is 16.6 Å². The molecule has 0 aliphatic carbocycles. The van der Waals surface area contributed by atoms with Crippen molar-refractivity contribution in [2.24, 2.45) is 0 Å². The number of hydrogen-bond donors (Lipinski definition) is 3. The summed E-state index contributed by atoms with van der Waals surface area (Å²) in [5.41, 5.74) is 14.8. The first-order valence-corrected chi connectivity index (χ1v) is 11.9. The Balaban J connectivity index is 1.53. The number of pyridine rings is 1. The largest absolute Gasteiger partial charge is 0.464 e. The Labute approximate surface area is 203 Å². The number of nitrogen functional groups attached to an aromatic ring is 2. The van der Waals surface area contributed by atoms with E-state index in [-0.39, 0.29) is 21.9 Å². The molecule has 5 N–H and O–H groups in total. The molecule has 0 radical (unpaired) electrons. The van der Waals surface area contributed by atoms with E-state index in [0.717, 1.165) is 27.1 Å². The summed E-state index contributed by atoms with van der Waals surface area (Å²) in [6, 6.07) is 13.2. The van der Waals surface area contributed by atoms with Crippen LogP contribution in [0, 0.1) is 11.3 Å². The van der Waals surface area contributed by atoms with Crippen LogP contribution in [-0.4, -0.2) is 15.9 Å². The van der Waals surface area contributed by atoms with E-state index in [2.05, 4.69) is 37.3 Å². The molecule has 11 heteroatoms. The van der Waals surface area contributed by atoms with Gasteiger partial charge in [0.05, 0.1) is 23.2 Å². The zero-order valence-electron chi connectivity index (χ0n) is 16.6. The Morgan fingerprint density at radius 2 is 1.97 bits per heavy atom. The Morgan fingerprint density at radius 3 is 2.67 bits per heavy atom. The highest BCUT2D eigenvalue weighted by molar-refractivity contribution is 9.10. The fourth-order valence-corrected chi connectivity index (χ4v) is 5.34. The summed E-state index contributed by atoms with van der Waals surface area (Å²) in [7, 11) is 0. The number of halogens is 1. The topological polar surface area (TPSA) is 144 Å². The molecule has 162 valence electrons. The second-order valence-electron chi connectivity index (χ2n) is 6.86. The maximum Gasteiger partial charge on any atom is 0.269 e. The molecule has 5 aromatic rings. The van der Waals surface area contributed by atoms with E-state index in [1.165, 1.54) is 17.6 Å². The summed E-state index contributed by atoms with van der Waals surface area (Å²) in [6.07, 6.45) is 1.49. The quantitative estimate of drug-likeness (QED) is 0.266. The summed E-state index contributed by atoms with van der Waals surface area (Å²) in [4.78, 5) is 22.5. The standard InChI is InChI=1S/C22H13BrN6O2S2/c23-11-5-3-10(4-6-11)13-9-32-22(27-13)29-20(30)18-17(25)16-15(14-2-1-7-31-14)12(8-24)19(26)28-21(16)33-18/h1-7,9H,25H2,(H2,26,28)(H,27,29,30). The first-order valence-electron chi connectivity index (χ1n) is 9.44. The van der Waals surface area contributed by atoms with Gasteiger partial charge in [0, 0.05) is 20.8 Å². The zero-order chi connectivity index (χ0) is 23.1. The van der Waals surface area contributed by atoms with Crippen molar-refractivity contribution in [3.8, 4) is 28.7 Å². The molecule has 5 rings (SSSR count). The molecule has 1 aromatic carbocycles. The molecule has 0 spiro atoms. The van der Waals surface area contributed by atoms with Crippen molar-refractivity contribution in [2.75, 3.05) is 16.8 Å². The number of thiazole rings is 1. The predicted octanol–water partition coefficient (Wildman–Crippen LogP) is 5.73. The summed E-state index contributed by atoms with van der Waals surface area (Å²) >= 11 is 5.81. The fraction of sp³-hybridized carbons (Fsp3) is 0. The second-order valence-corrected chi connectivity index (χ2v) is 9.63. The van der Waals surface area contributed by atoms with Gasteiger partial charge in [0.15, 0.2) is 5.13 Å². The Bertz CT molecular complexity index is 1550. The lowest BCUT2D eigenvalue weighted by Gasteiger charge is -2.06. The number of thiophene rings is 1. The van der Waals surface area contributed by atoms with Crippen molar-refractivity contribution in [1.29, 1.82) is 5.26 Å². The molecule has 0 atom stereocenters. The lowest BCUT2D eigenvalue weighted by molar-refractivity contribution is 0.103. The number of fused-ring (bicyclic) bond motifs is 1. The maximum absolute atomic E-state index is 13.1. The van der Waals surface area contributed by atoms with Gasteiger partial charge >= 0.3 is 0 Å². The number of benzene rings is 1. The van der Waals surface area contributed by atoms with E-state index in [4.69, 9.17) is 15.9 Å². The molecule has 4 heterocycles. The molecule has 8 nitrogen and oxygen atoms in total. The van der Waals surface area contributed by atoms with E-state index < -0.39 is 5.91 Å². The van der Waals surface area contributed by atoms with Gasteiger partial charge in [0.25, 0.3) is 5.91 Å². The lowest BCUT2D eigenvalue weighted by atomic mass is 10.0. The first kappa shape index (κ1) is 21.1. The Kier molecular flexibility index (Phi) is 5.33. The third-order valence-electron chi connectivity index (χ3n) is 4.85. The number of nitrogens with one attached hydrogen (secondary N) is 1. The third-order valence-corrected chi connectivity index (χ3v) is 7.24. The number of furan rings is 1. The summed E-state index contributed by atoms with van der Waals surface area (Å²) < 4.78 is 6.47. The number of rotatable bonds is 4. The van der Waals surface area contributed by atoms with Crippen LogP contribution in [-0.2, 0) is 0 Å². The average Bonchev–Trinajstić information content (AvgIpc) is 3.54. The van der Waals surface area contributed by atoms with Crippen LogP contribution in [0.1, 0.15) is 15.2 Å². The number of hydrogen-bond acceptors (Lipinski definition) is 9. The minimum absolute atomic E-state index is 0.0451. The highest BCUT2D eigenvalue weighted by Crippen LogP contribution is 2.43. The number of nitrogens with two attached hydrogens (primary N) is 2. The highest BCUT2D eigenvalue weighted by atomic mass is 79.9. The molecule has 33 heavy (non-hydrogen) atoms. The molecule has 0 bridgehead atoms. The van der Waals surface area contributed by atoms with E-state index in [9.17, 15) is 10.1 Å². The molecule has 0 unspecified atom stereocenters. The van der Waals surface area contributed by atoms with Crippen LogP contribution in [0.25, 0.3) is 32.8 Å². The minimum atomic E-state index is -0.422. The van der Waals surface area contributed by atoms with E-state index in [0.29, 0.717) is 26.7 Å². The number of nitriles is 1.